The molecule has 0 fully saturated rings. The number of ether oxygens (including phenoxy) is 3. The maximum absolute atomic E-state index is 11.9. The molecule has 0 aliphatic heterocycles. The normalized spacial score (nSPS) is 9.88. The van der Waals surface area contributed by atoms with Crippen LogP contribution in [0.1, 0.15) is 30.1 Å². The Morgan fingerprint density at radius 1 is 1.06 bits per heavy atom. The topological polar surface area (TPSA) is 44.8 Å². The van der Waals surface area contributed by atoms with E-state index in [0.717, 1.165) is 6.42 Å². The standard InChI is InChI=1S/C13H18O4/c1-5-6-10(14)9-7-8-11(15-2)13(17-4)12(9)16-3/h7-8H,5-6H2,1-4H3. The smallest absolute Gasteiger partial charge is 0.204 e. The molecule has 0 saturated carbocycles. The van der Waals surface area contributed by atoms with Crippen molar-refractivity contribution in [1.29, 1.82) is 0 Å². The molecule has 0 aliphatic carbocycles. The number of ketones is 1. The van der Waals surface area contributed by atoms with E-state index in [2.05, 4.69) is 0 Å². The highest BCUT2D eigenvalue weighted by atomic mass is 16.5. The van der Waals surface area contributed by atoms with Crippen LogP contribution in [0.5, 0.6) is 17.2 Å². The van der Waals surface area contributed by atoms with Gasteiger partial charge in [0.15, 0.2) is 17.3 Å². The second-order valence-corrected chi connectivity index (χ2v) is 3.56. The minimum absolute atomic E-state index is 0.0466. The van der Waals surface area contributed by atoms with E-state index in [4.69, 9.17) is 14.2 Å². The first-order chi connectivity index (χ1) is 8.19. The summed E-state index contributed by atoms with van der Waals surface area (Å²) < 4.78 is 15.6. The van der Waals surface area contributed by atoms with Crippen molar-refractivity contribution in [3.8, 4) is 17.2 Å². The summed E-state index contributed by atoms with van der Waals surface area (Å²) in [5.41, 5.74) is 0.534. The molecular weight excluding hydrogens is 220 g/mol. The Morgan fingerprint density at radius 3 is 2.18 bits per heavy atom. The van der Waals surface area contributed by atoms with Gasteiger partial charge < -0.3 is 14.2 Å². The zero-order chi connectivity index (χ0) is 12.8. The van der Waals surface area contributed by atoms with Gasteiger partial charge >= 0.3 is 0 Å². The third-order valence-electron chi connectivity index (χ3n) is 2.48. The van der Waals surface area contributed by atoms with Crippen molar-refractivity contribution in [2.75, 3.05) is 21.3 Å². The number of carbonyl (C=O) groups is 1. The molecule has 17 heavy (non-hydrogen) atoms. The van der Waals surface area contributed by atoms with Crippen molar-refractivity contribution >= 4 is 5.78 Å². The van der Waals surface area contributed by atoms with E-state index in [-0.39, 0.29) is 5.78 Å². The minimum Gasteiger partial charge on any atom is -0.493 e. The lowest BCUT2D eigenvalue weighted by molar-refractivity contribution is 0.0978. The predicted molar refractivity (Wildman–Crippen MR) is 65.3 cm³/mol. The molecular formula is C13H18O4. The van der Waals surface area contributed by atoms with Crippen LogP contribution in [0.25, 0.3) is 0 Å². The van der Waals surface area contributed by atoms with Crippen LogP contribution in [0.2, 0.25) is 0 Å². The number of hydrogen-bond donors (Lipinski definition) is 0. The fraction of sp³-hybridized carbons (Fsp3) is 0.462. The Kier molecular flexibility index (Phi) is 4.82. The van der Waals surface area contributed by atoms with Gasteiger partial charge in [0.2, 0.25) is 5.75 Å². The summed E-state index contributed by atoms with van der Waals surface area (Å²) in [5, 5.41) is 0. The number of rotatable bonds is 6. The van der Waals surface area contributed by atoms with Crippen LogP contribution in [0.3, 0.4) is 0 Å². The Labute approximate surface area is 101 Å². The SMILES string of the molecule is CCCC(=O)c1ccc(OC)c(OC)c1OC. The van der Waals surface area contributed by atoms with Gasteiger partial charge in [-0.3, -0.25) is 4.79 Å². The van der Waals surface area contributed by atoms with E-state index in [9.17, 15) is 4.79 Å². The summed E-state index contributed by atoms with van der Waals surface area (Å²) in [6, 6.07) is 3.42. The predicted octanol–water partition coefficient (Wildman–Crippen LogP) is 2.70. The van der Waals surface area contributed by atoms with Crippen LogP contribution < -0.4 is 14.2 Å². The van der Waals surface area contributed by atoms with Gasteiger partial charge in [-0.2, -0.15) is 0 Å². The monoisotopic (exact) mass is 238 g/mol. The molecule has 0 radical (unpaired) electrons. The van der Waals surface area contributed by atoms with Crippen LogP contribution >= 0.6 is 0 Å². The molecule has 0 aliphatic rings. The maximum atomic E-state index is 11.9. The molecule has 0 unspecified atom stereocenters. The summed E-state index contributed by atoms with van der Waals surface area (Å²) in [5.74, 6) is 1.49. The third kappa shape index (κ3) is 2.70. The van der Waals surface area contributed by atoms with Gasteiger partial charge in [-0.1, -0.05) is 6.92 Å². The van der Waals surface area contributed by atoms with Crippen LogP contribution in [0, 0.1) is 0 Å². The molecule has 0 saturated heterocycles. The first kappa shape index (κ1) is 13.4. The summed E-state index contributed by atoms with van der Waals surface area (Å²) in [7, 11) is 4.58. The first-order valence-corrected chi connectivity index (χ1v) is 5.51. The van der Waals surface area contributed by atoms with E-state index in [1.54, 1.807) is 19.2 Å². The van der Waals surface area contributed by atoms with E-state index < -0.39 is 0 Å². The fourth-order valence-corrected chi connectivity index (χ4v) is 1.68. The van der Waals surface area contributed by atoms with Gasteiger partial charge in [0.25, 0.3) is 0 Å². The highest BCUT2D eigenvalue weighted by Gasteiger charge is 2.19. The van der Waals surface area contributed by atoms with Crippen LogP contribution in [0.4, 0.5) is 0 Å². The second-order valence-electron chi connectivity index (χ2n) is 3.56. The molecule has 0 spiro atoms. The largest absolute Gasteiger partial charge is 0.493 e. The fourth-order valence-electron chi connectivity index (χ4n) is 1.68. The molecule has 4 nitrogen and oxygen atoms in total. The van der Waals surface area contributed by atoms with E-state index in [1.807, 2.05) is 6.92 Å². The quantitative estimate of drug-likeness (QED) is 0.715. The molecule has 0 N–H and O–H groups in total. The average molecular weight is 238 g/mol. The van der Waals surface area contributed by atoms with Gasteiger partial charge in [0, 0.05) is 6.42 Å². The Bertz CT molecular complexity index is 399. The van der Waals surface area contributed by atoms with Gasteiger partial charge in [0.1, 0.15) is 0 Å². The van der Waals surface area contributed by atoms with Gasteiger partial charge in [0.05, 0.1) is 26.9 Å². The molecule has 4 heteroatoms. The number of carbonyl (C=O) groups excluding carboxylic acids is 1. The van der Waals surface area contributed by atoms with Crippen LogP contribution in [0.15, 0.2) is 12.1 Å². The first-order valence-electron chi connectivity index (χ1n) is 5.51. The molecule has 1 rings (SSSR count). The van der Waals surface area contributed by atoms with Crippen molar-refractivity contribution in [3.63, 3.8) is 0 Å². The maximum Gasteiger partial charge on any atom is 0.204 e. The highest BCUT2D eigenvalue weighted by molar-refractivity contribution is 5.99. The zero-order valence-corrected chi connectivity index (χ0v) is 10.7. The van der Waals surface area contributed by atoms with Crippen LogP contribution in [-0.4, -0.2) is 27.1 Å². The lowest BCUT2D eigenvalue weighted by Crippen LogP contribution is -2.04. The number of Topliss-reactive ketones (excluding diaryl/α,β-unsaturated/α-hetero) is 1. The minimum atomic E-state index is 0.0466. The number of benzene rings is 1. The van der Waals surface area contributed by atoms with E-state index in [1.165, 1.54) is 14.2 Å². The summed E-state index contributed by atoms with van der Waals surface area (Å²) in [6.45, 7) is 1.96. The molecule has 0 aromatic heterocycles. The van der Waals surface area contributed by atoms with Crippen LogP contribution in [-0.2, 0) is 0 Å². The molecule has 0 heterocycles. The summed E-state index contributed by atoms with van der Waals surface area (Å²) in [4.78, 5) is 11.9. The molecule has 1 aromatic carbocycles. The van der Waals surface area contributed by atoms with E-state index >= 15 is 0 Å². The zero-order valence-electron chi connectivity index (χ0n) is 10.7. The van der Waals surface area contributed by atoms with Crippen molar-refractivity contribution < 1.29 is 19.0 Å². The summed E-state index contributed by atoms with van der Waals surface area (Å²) >= 11 is 0. The van der Waals surface area contributed by atoms with Gasteiger partial charge in [-0.05, 0) is 18.6 Å². The van der Waals surface area contributed by atoms with E-state index in [0.29, 0.717) is 29.2 Å². The van der Waals surface area contributed by atoms with Crippen molar-refractivity contribution in [1.82, 2.24) is 0 Å². The Hall–Kier alpha value is -1.71. The molecule has 0 amide bonds. The lowest BCUT2D eigenvalue weighted by atomic mass is 10.0. The Morgan fingerprint density at radius 2 is 1.71 bits per heavy atom. The second kappa shape index (κ2) is 6.13. The lowest BCUT2D eigenvalue weighted by Gasteiger charge is -2.14. The van der Waals surface area contributed by atoms with Crippen molar-refractivity contribution in [2.45, 2.75) is 19.8 Å². The third-order valence-corrected chi connectivity index (χ3v) is 2.48. The van der Waals surface area contributed by atoms with Gasteiger partial charge in [-0.25, -0.2) is 0 Å². The average Bonchev–Trinajstić information content (AvgIpc) is 2.36. The Balaban J connectivity index is 3.27. The molecule has 0 atom stereocenters. The summed E-state index contributed by atoms with van der Waals surface area (Å²) in [6.07, 6.45) is 1.29. The van der Waals surface area contributed by atoms with Crippen molar-refractivity contribution in [3.05, 3.63) is 17.7 Å². The molecule has 94 valence electrons. The molecule has 0 bridgehead atoms. The number of methoxy groups -OCH3 is 3. The molecule has 1 aromatic rings. The van der Waals surface area contributed by atoms with Gasteiger partial charge in [-0.15, -0.1) is 0 Å². The highest BCUT2D eigenvalue weighted by Crippen LogP contribution is 2.40. The number of hydrogen-bond acceptors (Lipinski definition) is 4. The van der Waals surface area contributed by atoms with Crippen molar-refractivity contribution in [2.24, 2.45) is 0 Å².